The second-order valence-electron chi connectivity index (χ2n) is 4.05. The molecule has 6 heteroatoms. The van der Waals surface area contributed by atoms with Crippen LogP contribution in [0.5, 0.6) is 0 Å². The van der Waals surface area contributed by atoms with Crippen molar-refractivity contribution in [2.24, 2.45) is 5.18 Å². The summed E-state index contributed by atoms with van der Waals surface area (Å²) >= 11 is 0. The molecule has 18 heavy (non-hydrogen) atoms. The Morgan fingerprint density at radius 1 is 1.28 bits per heavy atom. The Morgan fingerprint density at radius 3 is 2.94 bits per heavy atom. The third-order valence-electron chi connectivity index (χ3n) is 3.07. The van der Waals surface area contributed by atoms with Gasteiger partial charge in [-0.1, -0.05) is 18.2 Å². The maximum atomic E-state index is 10.9. The summed E-state index contributed by atoms with van der Waals surface area (Å²) in [5.74, 6) is 0.585. The van der Waals surface area contributed by atoms with Gasteiger partial charge in [-0.25, -0.2) is 9.97 Å². The summed E-state index contributed by atoms with van der Waals surface area (Å²) in [6, 6.07) is 8.01. The molecule has 90 valence electrons. The van der Waals surface area contributed by atoms with Crippen molar-refractivity contribution >= 4 is 23.0 Å². The number of nitrogen functional groups attached to an aromatic ring is 1. The molecule has 0 unspecified atom stereocenters. The number of hydrogen-bond acceptors (Lipinski definition) is 6. The van der Waals surface area contributed by atoms with Crippen LogP contribution in [0.4, 0.5) is 23.0 Å². The molecule has 1 aliphatic heterocycles. The molecule has 0 fully saturated rings. The fourth-order valence-electron chi connectivity index (χ4n) is 2.23. The number of hydrogen-bond donors (Lipinski definition) is 1. The summed E-state index contributed by atoms with van der Waals surface area (Å²) < 4.78 is 0. The number of nitrogens with zero attached hydrogens (tertiary/aromatic N) is 4. The van der Waals surface area contributed by atoms with Gasteiger partial charge in [0.25, 0.3) is 0 Å². The van der Waals surface area contributed by atoms with E-state index in [2.05, 4.69) is 21.2 Å². The van der Waals surface area contributed by atoms with Gasteiger partial charge in [0.1, 0.15) is 6.33 Å². The van der Waals surface area contributed by atoms with E-state index < -0.39 is 0 Å². The maximum absolute atomic E-state index is 10.9. The van der Waals surface area contributed by atoms with Gasteiger partial charge in [-0.3, -0.25) is 0 Å². The Morgan fingerprint density at radius 2 is 2.11 bits per heavy atom. The van der Waals surface area contributed by atoms with Crippen LogP contribution in [0.1, 0.15) is 5.56 Å². The van der Waals surface area contributed by atoms with E-state index in [4.69, 9.17) is 5.73 Å². The van der Waals surface area contributed by atoms with Gasteiger partial charge in [-0.05, 0) is 23.2 Å². The predicted octanol–water partition coefficient (Wildman–Crippen LogP) is 2.15. The molecule has 2 aromatic rings. The van der Waals surface area contributed by atoms with Crippen molar-refractivity contribution < 1.29 is 0 Å². The smallest absolute Gasteiger partial charge is 0.192 e. The van der Waals surface area contributed by atoms with Crippen molar-refractivity contribution in [3.05, 3.63) is 41.1 Å². The number of fused-ring (bicyclic) bond motifs is 1. The average molecular weight is 241 g/mol. The molecule has 0 spiro atoms. The SMILES string of the molecule is Nc1ncnc(N2CCc3ccccc32)c1N=O. The standard InChI is InChI=1S/C12H11N5O/c13-11-10(16-18)12(15-7-14-11)17-6-5-8-3-1-2-4-9(8)17/h1-4,7H,5-6H2,(H2,13,14,15). The summed E-state index contributed by atoms with van der Waals surface area (Å²) in [5, 5.41) is 2.95. The lowest BCUT2D eigenvalue weighted by molar-refractivity contribution is 0.964. The minimum absolute atomic E-state index is 0.106. The Balaban J connectivity index is 2.13. The molecule has 3 rings (SSSR count). The van der Waals surface area contributed by atoms with Crippen LogP contribution >= 0.6 is 0 Å². The van der Waals surface area contributed by atoms with E-state index in [0.29, 0.717) is 5.82 Å². The molecule has 1 aromatic carbocycles. The summed E-state index contributed by atoms with van der Waals surface area (Å²) in [5.41, 5.74) is 8.02. The highest BCUT2D eigenvalue weighted by Crippen LogP contribution is 2.39. The first-order valence-electron chi connectivity index (χ1n) is 5.60. The molecule has 0 atom stereocenters. The zero-order chi connectivity index (χ0) is 12.5. The molecule has 0 saturated heterocycles. The summed E-state index contributed by atoms with van der Waals surface area (Å²) in [7, 11) is 0. The highest BCUT2D eigenvalue weighted by atomic mass is 16.3. The van der Waals surface area contributed by atoms with E-state index in [0.717, 1.165) is 18.7 Å². The van der Waals surface area contributed by atoms with E-state index in [1.807, 2.05) is 23.1 Å². The second kappa shape index (κ2) is 4.06. The largest absolute Gasteiger partial charge is 0.382 e. The number of rotatable bonds is 2. The lowest BCUT2D eigenvalue weighted by Crippen LogP contribution is -2.15. The molecule has 6 nitrogen and oxygen atoms in total. The zero-order valence-corrected chi connectivity index (χ0v) is 9.58. The molecule has 2 heterocycles. The van der Waals surface area contributed by atoms with Gasteiger partial charge in [0.05, 0.1) is 0 Å². The average Bonchev–Trinajstić information content (AvgIpc) is 2.82. The summed E-state index contributed by atoms with van der Waals surface area (Å²) in [6.07, 6.45) is 2.26. The van der Waals surface area contributed by atoms with Gasteiger partial charge in [-0.2, -0.15) is 0 Å². The first-order valence-corrected chi connectivity index (χ1v) is 5.60. The Labute approximate surface area is 103 Å². The van der Waals surface area contributed by atoms with E-state index in [1.54, 1.807) is 0 Å². The van der Waals surface area contributed by atoms with E-state index >= 15 is 0 Å². The minimum Gasteiger partial charge on any atom is -0.382 e. The van der Waals surface area contributed by atoms with Crippen molar-refractivity contribution in [1.29, 1.82) is 0 Å². The monoisotopic (exact) mass is 241 g/mol. The molecule has 1 aromatic heterocycles. The van der Waals surface area contributed by atoms with Crippen molar-refractivity contribution in [2.45, 2.75) is 6.42 Å². The molecule has 0 aliphatic carbocycles. The fourth-order valence-corrected chi connectivity index (χ4v) is 2.23. The zero-order valence-electron chi connectivity index (χ0n) is 9.58. The molecule has 2 N–H and O–H groups in total. The Hall–Kier alpha value is -2.50. The van der Waals surface area contributed by atoms with E-state index in [-0.39, 0.29) is 11.5 Å². The van der Waals surface area contributed by atoms with Gasteiger partial charge in [-0.15, -0.1) is 4.91 Å². The number of nitroso groups, excluding NO2 is 1. The summed E-state index contributed by atoms with van der Waals surface area (Å²) in [6.45, 7) is 0.762. The third-order valence-corrected chi connectivity index (χ3v) is 3.07. The number of benzene rings is 1. The minimum atomic E-state index is 0.106. The van der Waals surface area contributed by atoms with Crippen molar-refractivity contribution in [3.63, 3.8) is 0 Å². The molecule has 0 bridgehead atoms. The van der Waals surface area contributed by atoms with Crippen LogP contribution < -0.4 is 10.6 Å². The van der Waals surface area contributed by atoms with Crippen LogP contribution in [0.3, 0.4) is 0 Å². The Kier molecular flexibility index (Phi) is 2.40. The van der Waals surface area contributed by atoms with E-state index in [1.165, 1.54) is 11.9 Å². The normalized spacial score (nSPS) is 13.4. The predicted molar refractivity (Wildman–Crippen MR) is 69.1 cm³/mol. The molecular weight excluding hydrogens is 230 g/mol. The molecule has 0 amide bonds. The van der Waals surface area contributed by atoms with Gasteiger partial charge in [0.2, 0.25) is 0 Å². The van der Waals surface area contributed by atoms with Gasteiger partial charge in [0.15, 0.2) is 17.3 Å². The number of aromatic nitrogens is 2. The number of nitrogens with two attached hydrogens (primary N) is 1. The highest BCUT2D eigenvalue weighted by Gasteiger charge is 2.24. The number of anilines is 3. The lowest BCUT2D eigenvalue weighted by Gasteiger charge is -2.19. The number of para-hydroxylation sites is 1. The molecular formula is C12H11N5O. The van der Waals surface area contributed by atoms with Crippen LogP contribution in [0.2, 0.25) is 0 Å². The molecule has 0 radical (unpaired) electrons. The molecule has 0 saturated carbocycles. The lowest BCUT2D eigenvalue weighted by atomic mass is 10.2. The van der Waals surface area contributed by atoms with Gasteiger partial charge in [0, 0.05) is 12.2 Å². The molecule has 1 aliphatic rings. The van der Waals surface area contributed by atoms with Crippen molar-refractivity contribution in [3.8, 4) is 0 Å². The van der Waals surface area contributed by atoms with Crippen LogP contribution in [0, 0.1) is 4.91 Å². The van der Waals surface area contributed by atoms with E-state index in [9.17, 15) is 4.91 Å². The van der Waals surface area contributed by atoms with Crippen LogP contribution in [0.15, 0.2) is 35.8 Å². The van der Waals surface area contributed by atoms with Crippen LogP contribution in [-0.4, -0.2) is 16.5 Å². The quantitative estimate of drug-likeness (QED) is 0.814. The first-order chi connectivity index (χ1) is 8.81. The summed E-state index contributed by atoms with van der Waals surface area (Å²) in [4.78, 5) is 20.7. The van der Waals surface area contributed by atoms with Crippen LogP contribution in [-0.2, 0) is 6.42 Å². The van der Waals surface area contributed by atoms with Crippen LogP contribution in [0.25, 0.3) is 0 Å². The fraction of sp³-hybridized carbons (Fsp3) is 0.167. The van der Waals surface area contributed by atoms with Crippen molar-refractivity contribution in [2.75, 3.05) is 17.2 Å². The van der Waals surface area contributed by atoms with Crippen molar-refractivity contribution in [1.82, 2.24) is 9.97 Å². The highest BCUT2D eigenvalue weighted by molar-refractivity contribution is 5.79. The van der Waals surface area contributed by atoms with Gasteiger partial charge >= 0.3 is 0 Å². The maximum Gasteiger partial charge on any atom is 0.192 e. The third kappa shape index (κ3) is 1.50. The topological polar surface area (TPSA) is 84.5 Å². The van der Waals surface area contributed by atoms with Gasteiger partial charge < -0.3 is 10.6 Å². The Bertz CT molecular complexity index is 613. The first kappa shape index (κ1) is 10.6. The second-order valence-corrected chi connectivity index (χ2v) is 4.05.